The minimum absolute atomic E-state index is 0.456. The highest BCUT2D eigenvalue weighted by molar-refractivity contribution is 5.31. The Kier molecular flexibility index (Phi) is 4.43. The molecule has 1 aliphatic rings. The largest absolute Gasteiger partial charge is 0.490 e. The van der Waals surface area contributed by atoms with Crippen molar-refractivity contribution in [3.63, 3.8) is 0 Å². The number of rotatable bonds is 7. The number of hydrogen-bond acceptors (Lipinski definition) is 2. The molecular weight excluding hydrogens is 210 g/mol. The van der Waals surface area contributed by atoms with Crippen LogP contribution in [0.3, 0.4) is 0 Å². The van der Waals surface area contributed by atoms with E-state index in [1.165, 1.54) is 37.7 Å². The smallest absolute Gasteiger partial charge is 0.120 e. The number of nitrogens with one attached hydrogen (secondary N) is 1. The average Bonchev–Trinajstić information content (AvgIpc) is 3.15. The van der Waals surface area contributed by atoms with Crippen LogP contribution in [-0.2, 0) is 0 Å². The predicted molar refractivity (Wildman–Crippen MR) is 71.4 cm³/mol. The predicted octanol–water partition coefficient (Wildman–Crippen LogP) is 3.68. The fourth-order valence-electron chi connectivity index (χ4n) is 2.07. The number of ether oxygens (including phenoxy) is 1. The first-order chi connectivity index (χ1) is 8.33. The van der Waals surface area contributed by atoms with Crippen LogP contribution in [-0.4, -0.2) is 13.2 Å². The molecule has 0 amide bonds. The van der Waals surface area contributed by atoms with Gasteiger partial charge in [0, 0.05) is 6.04 Å². The topological polar surface area (TPSA) is 21.3 Å². The molecule has 1 aromatic carbocycles. The second kappa shape index (κ2) is 6.06. The van der Waals surface area contributed by atoms with Crippen LogP contribution in [0.2, 0.25) is 0 Å². The van der Waals surface area contributed by atoms with E-state index in [2.05, 4.69) is 36.5 Å². The summed E-state index contributed by atoms with van der Waals surface area (Å²) < 4.78 is 5.84. The van der Waals surface area contributed by atoms with Gasteiger partial charge in [0.05, 0.1) is 6.10 Å². The SMILES string of the molecule is CCCCC(NC)c1cccc(OC2CC2)c1. The van der Waals surface area contributed by atoms with Gasteiger partial charge in [0.15, 0.2) is 0 Å². The molecule has 0 aromatic heterocycles. The Morgan fingerprint density at radius 1 is 1.41 bits per heavy atom. The summed E-state index contributed by atoms with van der Waals surface area (Å²) in [6.45, 7) is 2.24. The van der Waals surface area contributed by atoms with Crippen LogP contribution in [0.4, 0.5) is 0 Å². The molecule has 1 atom stereocenters. The van der Waals surface area contributed by atoms with Crippen molar-refractivity contribution in [3.8, 4) is 5.75 Å². The second-order valence-electron chi connectivity index (χ2n) is 4.87. The molecule has 1 aromatic rings. The van der Waals surface area contributed by atoms with Crippen LogP contribution in [0.5, 0.6) is 5.75 Å². The highest BCUT2D eigenvalue weighted by Crippen LogP contribution is 2.29. The first-order valence-corrected chi connectivity index (χ1v) is 6.77. The Balaban J connectivity index is 2.01. The van der Waals surface area contributed by atoms with E-state index in [-0.39, 0.29) is 0 Å². The van der Waals surface area contributed by atoms with Crippen LogP contribution >= 0.6 is 0 Å². The van der Waals surface area contributed by atoms with Gasteiger partial charge >= 0.3 is 0 Å². The van der Waals surface area contributed by atoms with E-state index < -0.39 is 0 Å². The van der Waals surface area contributed by atoms with Gasteiger partial charge in [0.25, 0.3) is 0 Å². The fraction of sp³-hybridized carbons (Fsp3) is 0.600. The van der Waals surface area contributed by atoms with Crippen molar-refractivity contribution in [3.05, 3.63) is 29.8 Å². The molecule has 0 radical (unpaired) electrons. The summed E-state index contributed by atoms with van der Waals surface area (Å²) in [7, 11) is 2.04. The average molecular weight is 233 g/mol. The van der Waals surface area contributed by atoms with Gasteiger partial charge in [-0.2, -0.15) is 0 Å². The maximum Gasteiger partial charge on any atom is 0.120 e. The summed E-state index contributed by atoms with van der Waals surface area (Å²) in [5, 5.41) is 3.39. The van der Waals surface area contributed by atoms with Crippen molar-refractivity contribution in [1.82, 2.24) is 5.32 Å². The van der Waals surface area contributed by atoms with Crippen molar-refractivity contribution in [2.24, 2.45) is 0 Å². The van der Waals surface area contributed by atoms with Crippen LogP contribution in [0, 0.1) is 0 Å². The Bertz CT molecular complexity index is 347. The molecule has 94 valence electrons. The van der Waals surface area contributed by atoms with E-state index >= 15 is 0 Å². The quantitative estimate of drug-likeness (QED) is 0.775. The highest BCUT2D eigenvalue weighted by Gasteiger charge is 2.23. The zero-order chi connectivity index (χ0) is 12.1. The minimum Gasteiger partial charge on any atom is -0.490 e. The van der Waals surface area contributed by atoms with Gasteiger partial charge in [0.1, 0.15) is 5.75 Å². The maximum atomic E-state index is 5.84. The molecule has 0 saturated heterocycles. The van der Waals surface area contributed by atoms with Crippen LogP contribution in [0.25, 0.3) is 0 Å². The number of benzene rings is 1. The van der Waals surface area contributed by atoms with Gasteiger partial charge in [-0.15, -0.1) is 0 Å². The van der Waals surface area contributed by atoms with Gasteiger partial charge in [-0.3, -0.25) is 0 Å². The maximum absolute atomic E-state index is 5.84. The van der Waals surface area contributed by atoms with E-state index in [1.54, 1.807) is 0 Å². The molecule has 1 saturated carbocycles. The lowest BCUT2D eigenvalue weighted by molar-refractivity contribution is 0.302. The zero-order valence-electron chi connectivity index (χ0n) is 10.9. The van der Waals surface area contributed by atoms with Crippen LogP contribution in [0.15, 0.2) is 24.3 Å². The van der Waals surface area contributed by atoms with E-state index in [4.69, 9.17) is 4.74 Å². The molecule has 2 rings (SSSR count). The van der Waals surface area contributed by atoms with Crippen molar-refractivity contribution >= 4 is 0 Å². The first kappa shape index (κ1) is 12.4. The molecule has 2 nitrogen and oxygen atoms in total. The highest BCUT2D eigenvalue weighted by atomic mass is 16.5. The Hall–Kier alpha value is -1.02. The molecule has 0 bridgehead atoms. The summed E-state index contributed by atoms with van der Waals surface area (Å²) in [6, 6.07) is 9.00. The number of hydrogen-bond donors (Lipinski definition) is 1. The normalized spacial score (nSPS) is 16.8. The summed E-state index contributed by atoms with van der Waals surface area (Å²) in [5.41, 5.74) is 1.35. The summed E-state index contributed by atoms with van der Waals surface area (Å²) >= 11 is 0. The summed E-state index contributed by atoms with van der Waals surface area (Å²) in [6.07, 6.45) is 6.62. The lowest BCUT2D eigenvalue weighted by Crippen LogP contribution is -2.16. The third kappa shape index (κ3) is 3.74. The van der Waals surface area contributed by atoms with Gasteiger partial charge in [-0.1, -0.05) is 31.9 Å². The van der Waals surface area contributed by atoms with E-state index in [9.17, 15) is 0 Å². The second-order valence-corrected chi connectivity index (χ2v) is 4.87. The number of unbranched alkanes of at least 4 members (excludes halogenated alkanes) is 1. The van der Waals surface area contributed by atoms with Crippen molar-refractivity contribution in [1.29, 1.82) is 0 Å². The zero-order valence-corrected chi connectivity index (χ0v) is 10.9. The Morgan fingerprint density at radius 2 is 2.24 bits per heavy atom. The van der Waals surface area contributed by atoms with E-state index in [0.29, 0.717) is 12.1 Å². The Labute approximate surface area is 104 Å². The van der Waals surface area contributed by atoms with E-state index in [0.717, 1.165) is 5.75 Å². The summed E-state index contributed by atoms with van der Waals surface area (Å²) in [5.74, 6) is 1.03. The standard InChI is InChI=1S/C15H23NO/c1-3-4-8-15(16-2)12-6-5-7-14(11-12)17-13-9-10-13/h5-7,11,13,15-16H,3-4,8-10H2,1-2H3. The molecule has 0 aliphatic heterocycles. The third-order valence-electron chi connectivity index (χ3n) is 3.28. The van der Waals surface area contributed by atoms with Crippen molar-refractivity contribution < 1.29 is 4.74 Å². The molecule has 17 heavy (non-hydrogen) atoms. The van der Waals surface area contributed by atoms with Gasteiger partial charge in [-0.05, 0) is 44.0 Å². The molecule has 1 fully saturated rings. The Morgan fingerprint density at radius 3 is 2.88 bits per heavy atom. The van der Waals surface area contributed by atoms with Crippen LogP contribution in [0.1, 0.15) is 50.6 Å². The molecule has 0 spiro atoms. The first-order valence-electron chi connectivity index (χ1n) is 6.77. The molecule has 1 N–H and O–H groups in total. The molecule has 2 heteroatoms. The molecular formula is C15H23NO. The summed E-state index contributed by atoms with van der Waals surface area (Å²) in [4.78, 5) is 0. The van der Waals surface area contributed by atoms with E-state index in [1.807, 2.05) is 7.05 Å². The van der Waals surface area contributed by atoms with Gasteiger partial charge < -0.3 is 10.1 Å². The lowest BCUT2D eigenvalue weighted by atomic mass is 10.0. The van der Waals surface area contributed by atoms with Crippen molar-refractivity contribution in [2.75, 3.05) is 7.05 Å². The molecule has 1 aliphatic carbocycles. The van der Waals surface area contributed by atoms with Gasteiger partial charge in [-0.25, -0.2) is 0 Å². The molecule has 0 heterocycles. The van der Waals surface area contributed by atoms with Crippen molar-refractivity contribution in [2.45, 2.75) is 51.2 Å². The fourth-order valence-corrected chi connectivity index (χ4v) is 2.07. The third-order valence-corrected chi connectivity index (χ3v) is 3.28. The molecule has 1 unspecified atom stereocenters. The van der Waals surface area contributed by atoms with Crippen LogP contribution < -0.4 is 10.1 Å². The minimum atomic E-state index is 0.456. The lowest BCUT2D eigenvalue weighted by Gasteiger charge is -2.17. The van der Waals surface area contributed by atoms with Gasteiger partial charge in [0.2, 0.25) is 0 Å². The monoisotopic (exact) mass is 233 g/mol.